The van der Waals surface area contributed by atoms with Crippen LogP contribution in [0.4, 0.5) is 10.1 Å². The number of nitrogens with one attached hydrogen (secondary N) is 1. The second kappa shape index (κ2) is 7.71. The molecule has 2 aromatic rings. The molecule has 0 spiro atoms. The molecule has 0 aliphatic carbocycles. The average Bonchev–Trinajstić information content (AvgIpc) is 2.50. The Morgan fingerprint density at radius 2 is 1.73 bits per heavy atom. The molecule has 0 heterocycles. The van der Waals surface area contributed by atoms with Gasteiger partial charge in [0.1, 0.15) is 5.82 Å². The first-order valence-electron chi connectivity index (χ1n) is 7.38. The molecule has 0 aliphatic rings. The number of nitrogens with zero attached hydrogens (tertiary/aromatic N) is 1. The molecule has 0 radical (unpaired) electrons. The van der Waals surface area contributed by atoms with E-state index in [-0.39, 0.29) is 17.8 Å². The van der Waals surface area contributed by atoms with Gasteiger partial charge in [-0.25, -0.2) is 4.39 Å². The van der Waals surface area contributed by atoms with Gasteiger partial charge in [0.25, 0.3) is 0 Å². The van der Waals surface area contributed by atoms with Crippen molar-refractivity contribution in [1.82, 2.24) is 4.90 Å². The molecule has 22 heavy (non-hydrogen) atoms. The van der Waals surface area contributed by atoms with Crippen LogP contribution in [-0.4, -0.2) is 23.4 Å². The molecule has 0 fully saturated rings. The molecule has 4 heteroatoms. The molecule has 1 N–H and O–H groups in total. The molecular formula is C18H21FN2O. The van der Waals surface area contributed by atoms with Crippen molar-refractivity contribution < 1.29 is 9.18 Å². The summed E-state index contributed by atoms with van der Waals surface area (Å²) in [7, 11) is 0. The van der Waals surface area contributed by atoms with Crippen LogP contribution in [0.3, 0.4) is 0 Å². The summed E-state index contributed by atoms with van der Waals surface area (Å²) in [5.74, 6) is -0.415. The molecule has 2 rings (SSSR count). The predicted octanol–water partition coefficient (Wildman–Crippen LogP) is 3.67. The van der Waals surface area contributed by atoms with E-state index in [2.05, 4.69) is 24.1 Å². The molecule has 0 atom stereocenters. The normalized spacial score (nSPS) is 11.0. The zero-order valence-electron chi connectivity index (χ0n) is 12.9. The Bertz CT molecular complexity index is 596. The lowest BCUT2D eigenvalue weighted by Gasteiger charge is -2.25. The minimum Gasteiger partial charge on any atom is -0.325 e. The number of carbonyl (C=O) groups excluding carboxylic acids is 1. The van der Waals surface area contributed by atoms with Gasteiger partial charge in [0, 0.05) is 18.3 Å². The van der Waals surface area contributed by atoms with Gasteiger partial charge in [-0.3, -0.25) is 9.69 Å². The lowest BCUT2D eigenvalue weighted by molar-refractivity contribution is -0.117. The van der Waals surface area contributed by atoms with Crippen molar-refractivity contribution in [2.24, 2.45) is 0 Å². The average molecular weight is 300 g/mol. The van der Waals surface area contributed by atoms with E-state index < -0.39 is 0 Å². The van der Waals surface area contributed by atoms with Gasteiger partial charge in [0.05, 0.1) is 6.54 Å². The van der Waals surface area contributed by atoms with Gasteiger partial charge in [-0.1, -0.05) is 30.3 Å². The molecular weight excluding hydrogens is 279 g/mol. The summed E-state index contributed by atoms with van der Waals surface area (Å²) in [6, 6.07) is 16.1. The predicted molar refractivity (Wildman–Crippen MR) is 87.0 cm³/mol. The highest BCUT2D eigenvalue weighted by Crippen LogP contribution is 2.11. The maximum absolute atomic E-state index is 12.9. The van der Waals surface area contributed by atoms with E-state index in [9.17, 15) is 9.18 Å². The van der Waals surface area contributed by atoms with Crippen LogP contribution in [-0.2, 0) is 11.3 Å². The van der Waals surface area contributed by atoms with E-state index in [0.717, 1.165) is 6.54 Å². The smallest absolute Gasteiger partial charge is 0.238 e. The van der Waals surface area contributed by atoms with Crippen molar-refractivity contribution in [2.45, 2.75) is 26.4 Å². The fourth-order valence-electron chi connectivity index (χ4n) is 2.16. The van der Waals surface area contributed by atoms with Gasteiger partial charge in [-0.05, 0) is 43.7 Å². The maximum atomic E-state index is 12.9. The lowest BCUT2D eigenvalue weighted by Crippen LogP contribution is -2.37. The van der Waals surface area contributed by atoms with E-state index in [0.29, 0.717) is 12.2 Å². The monoisotopic (exact) mass is 300 g/mol. The number of hydrogen-bond acceptors (Lipinski definition) is 2. The second-order valence-electron chi connectivity index (χ2n) is 5.54. The van der Waals surface area contributed by atoms with Gasteiger partial charge in [-0.2, -0.15) is 0 Å². The van der Waals surface area contributed by atoms with Crippen molar-refractivity contribution in [3.63, 3.8) is 0 Å². The summed E-state index contributed by atoms with van der Waals surface area (Å²) in [4.78, 5) is 14.2. The maximum Gasteiger partial charge on any atom is 0.238 e. The molecule has 0 unspecified atom stereocenters. The Hall–Kier alpha value is -2.20. The molecule has 0 aliphatic heterocycles. The van der Waals surface area contributed by atoms with Crippen LogP contribution >= 0.6 is 0 Å². The first-order valence-corrected chi connectivity index (χ1v) is 7.38. The number of anilines is 1. The first kappa shape index (κ1) is 16.2. The van der Waals surface area contributed by atoms with Crippen molar-refractivity contribution >= 4 is 11.6 Å². The molecule has 3 nitrogen and oxygen atoms in total. The molecule has 0 saturated carbocycles. The SMILES string of the molecule is CC(C)N(CC(=O)Nc1ccc(F)cc1)Cc1ccccc1. The summed E-state index contributed by atoms with van der Waals surface area (Å²) in [6.45, 7) is 5.14. The fourth-order valence-corrected chi connectivity index (χ4v) is 2.16. The second-order valence-corrected chi connectivity index (χ2v) is 5.54. The summed E-state index contributed by atoms with van der Waals surface area (Å²) in [5, 5.41) is 2.79. The van der Waals surface area contributed by atoms with Crippen molar-refractivity contribution in [3.8, 4) is 0 Å². The third kappa shape index (κ3) is 4.97. The number of halogens is 1. The number of amides is 1. The molecule has 0 saturated heterocycles. The number of hydrogen-bond donors (Lipinski definition) is 1. The van der Waals surface area contributed by atoms with E-state index in [1.54, 1.807) is 12.1 Å². The lowest BCUT2D eigenvalue weighted by atomic mass is 10.2. The van der Waals surface area contributed by atoms with Crippen molar-refractivity contribution in [2.75, 3.05) is 11.9 Å². The van der Waals surface area contributed by atoms with Crippen molar-refractivity contribution in [3.05, 3.63) is 66.0 Å². The highest BCUT2D eigenvalue weighted by atomic mass is 19.1. The standard InChI is InChI=1S/C18H21FN2O/c1-14(2)21(12-15-6-4-3-5-7-15)13-18(22)20-17-10-8-16(19)9-11-17/h3-11,14H,12-13H2,1-2H3,(H,20,22). The van der Waals surface area contributed by atoms with Crippen LogP contribution < -0.4 is 5.32 Å². The number of rotatable bonds is 6. The number of carbonyl (C=O) groups is 1. The van der Waals surface area contributed by atoms with E-state index in [1.807, 2.05) is 30.3 Å². The van der Waals surface area contributed by atoms with Crippen molar-refractivity contribution in [1.29, 1.82) is 0 Å². The van der Waals surface area contributed by atoms with Crippen LogP contribution in [0.1, 0.15) is 19.4 Å². The van der Waals surface area contributed by atoms with Gasteiger partial charge >= 0.3 is 0 Å². The third-order valence-electron chi connectivity index (χ3n) is 3.43. The molecule has 116 valence electrons. The van der Waals surface area contributed by atoms with Crippen LogP contribution in [0.25, 0.3) is 0 Å². The summed E-state index contributed by atoms with van der Waals surface area (Å²) in [6.07, 6.45) is 0. The van der Waals surface area contributed by atoms with Crippen LogP contribution in [0, 0.1) is 5.82 Å². The highest BCUT2D eigenvalue weighted by Gasteiger charge is 2.14. The molecule has 0 bridgehead atoms. The van der Waals surface area contributed by atoms with Gasteiger partial charge in [-0.15, -0.1) is 0 Å². The minimum atomic E-state index is -0.314. The van der Waals surface area contributed by atoms with E-state index >= 15 is 0 Å². The van der Waals surface area contributed by atoms with Crippen LogP contribution in [0.2, 0.25) is 0 Å². The van der Waals surface area contributed by atoms with Gasteiger partial charge in [0.2, 0.25) is 5.91 Å². The minimum absolute atomic E-state index is 0.101. The summed E-state index contributed by atoms with van der Waals surface area (Å²) >= 11 is 0. The number of benzene rings is 2. The van der Waals surface area contributed by atoms with Gasteiger partial charge in [0.15, 0.2) is 0 Å². The topological polar surface area (TPSA) is 32.3 Å². The Balaban J connectivity index is 1.95. The van der Waals surface area contributed by atoms with Gasteiger partial charge < -0.3 is 5.32 Å². The Morgan fingerprint density at radius 3 is 2.32 bits per heavy atom. The molecule has 2 aromatic carbocycles. The Labute approximate surface area is 130 Å². The molecule has 1 amide bonds. The first-order chi connectivity index (χ1) is 10.5. The van der Waals surface area contributed by atoms with E-state index in [4.69, 9.17) is 0 Å². The quantitative estimate of drug-likeness (QED) is 0.882. The Kier molecular flexibility index (Phi) is 5.67. The largest absolute Gasteiger partial charge is 0.325 e. The summed E-state index contributed by atoms with van der Waals surface area (Å²) < 4.78 is 12.9. The third-order valence-corrected chi connectivity index (χ3v) is 3.43. The van der Waals surface area contributed by atoms with E-state index in [1.165, 1.54) is 17.7 Å². The zero-order chi connectivity index (χ0) is 15.9. The highest BCUT2D eigenvalue weighted by molar-refractivity contribution is 5.92. The fraction of sp³-hybridized carbons (Fsp3) is 0.278. The Morgan fingerprint density at radius 1 is 1.09 bits per heavy atom. The summed E-state index contributed by atoms with van der Waals surface area (Å²) in [5.41, 5.74) is 1.78. The molecule has 0 aromatic heterocycles. The zero-order valence-corrected chi connectivity index (χ0v) is 12.9. The van der Waals surface area contributed by atoms with Crippen LogP contribution in [0.15, 0.2) is 54.6 Å². The van der Waals surface area contributed by atoms with Crippen LogP contribution in [0.5, 0.6) is 0 Å².